The number of ether oxygens (including phenoxy) is 2. The summed E-state index contributed by atoms with van der Waals surface area (Å²) in [5, 5.41) is 6.98. The fourth-order valence-electron chi connectivity index (χ4n) is 4.11. The summed E-state index contributed by atoms with van der Waals surface area (Å²) in [6.07, 6.45) is 4.05. The highest BCUT2D eigenvalue weighted by atomic mass is 35.5. The fraction of sp³-hybridized carbons (Fsp3) is 0.360. The largest absolute Gasteiger partial charge is 0.493 e. The summed E-state index contributed by atoms with van der Waals surface area (Å²) < 4.78 is 11.6. The van der Waals surface area contributed by atoms with Crippen molar-refractivity contribution in [2.45, 2.75) is 25.8 Å². The Hall–Kier alpha value is -3.23. The number of para-hydroxylation sites is 1. The second kappa shape index (κ2) is 9.56. The summed E-state index contributed by atoms with van der Waals surface area (Å²) in [5.41, 5.74) is 3.86. The first-order valence-corrected chi connectivity index (χ1v) is 11.5. The molecule has 0 saturated carbocycles. The van der Waals surface area contributed by atoms with Gasteiger partial charge in [-0.15, -0.1) is 0 Å². The van der Waals surface area contributed by atoms with Crippen molar-refractivity contribution in [1.29, 1.82) is 0 Å². The maximum Gasteiger partial charge on any atom is 0.255 e. The Morgan fingerprint density at radius 3 is 2.79 bits per heavy atom. The lowest BCUT2D eigenvalue weighted by Gasteiger charge is -2.30. The van der Waals surface area contributed by atoms with Crippen LogP contribution in [-0.4, -0.2) is 60.7 Å². The summed E-state index contributed by atoms with van der Waals surface area (Å²) in [6, 6.07) is 7.33. The molecule has 1 aromatic carbocycles. The molecule has 0 bridgehead atoms. The summed E-state index contributed by atoms with van der Waals surface area (Å²) in [7, 11) is 5.55. The molecule has 0 atom stereocenters. The SMILES string of the molecule is COc1c(Cl)cccc1Nc1c(-c2ccncc2OCCN(C)C)[nH]c2c1C(=O)NC(C)(C)C2. The maximum absolute atomic E-state index is 13.2. The van der Waals surface area contributed by atoms with Crippen LogP contribution < -0.4 is 20.1 Å². The molecule has 1 amide bonds. The van der Waals surface area contributed by atoms with E-state index in [1.54, 1.807) is 25.6 Å². The molecule has 8 nitrogen and oxygen atoms in total. The number of aromatic nitrogens is 2. The number of aromatic amines is 1. The number of rotatable bonds is 8. The molecular weight excluding hydrogens is 454 g/mol. The molecule has 0 unspecified atom stereocenters. The average Bonchev–Trinajstić information content (AvgIpc) is 3.11. The lowest BCUT2D eigenvalue weighted by atomic mass is 9.91. The van der Waals surface area contributed by atoms with Crippen molar-refractivity contribution in [1.82, 2.24) is 20.2 Å². The lowest BCUT2D eigenvalue weighted by Crippen LogP contribution is -2.49. The average molecular weight is 484 g/mol. The summed E-state index contributed by atoms with van der Waals surface area (Å²) in [6.45, 7) is 5.27. The monoisotopic (exact) mass is 483 g/mol. The molecule has 1 aliphatic rings. The van der Waals surface area contributed by atoms with E-state index in [0.717, 1.165) is 23.5 Å². The van der Waals surface area contributed by atoms with Gasteiger partial charge in [-0.05, 0) is 46.1 Å². The van der Waals surface area contributed by atoms with Crippen LogP contribution in [0, 0.1) is 0 Å². The van der Waals surface area contributed by atoms with E-state index in [2.05, 4.69) is 20.6 Å². The Kier molecular flexibility index (Phi) is 6.72. The van der Waals surface area contributed by atoms with Crippen LogP contribution in [-0.2, 0) is 6.42 Å². The second-order valence-corrected chi connectivity index (χ2v) is 9.62. The molecule has 3 aromatic rings. The number of hydrogen-bond acceptors (Lipinski definition) is 6. The van der Waals surface area contributed by atoms with Gasteiger partial charge in [-0.3, -0.25) is 9.78 Å². The van der Waals surface area contributed by atoms with E-state index in [9.17, 15) is 4.79 Å². The Morgan fingerprint density at radius 1 is 1.26 bits per heavy atom. The topological polar surface area (TPSA) is 91.5 Å². The van der Waals surface area contributed by atoms with Gasteiger partial charge in [0.25, 0.3) is 5.91 Å². The molecule has 3 N–H and O–H groups in total. The van der Waals surface area contributed by atoms with Gasteiger partial charge in [-0.1, -0.05) is 17.7 Å². The predicted octanol–water partition coefficient (Wildman–Crippen LogP) is 4.49. The van der Waals surface area contributed by atoms with Crippen LogP contribution >= 0.6 is 11.6 Å². The number of amides is 1. The quantitative estimate of drug-likeness (QED) is 0.437. The smallest absolute Gasteiger partial charge is 0.255 e. The molecule has 0 saturated heterocycles. The molecule has 9 heteroatoms. The van der Waals surface area contributed by atoms with Gasteiger partial charge in [0.2, 0.25) is 0 Å². The first-order chi connectivity index (χ1) is 16.2. The van der Waals surface area contributed by atoms with Gasteiger partial charge < -0.3 is 30.0 Å². The second-order valence-electron chi connectivity index (χ2n) is 9.21. The number of carbonyl (C=O) groups excluding carboxylic acids is 1. The van der Waals surface area contributed by atoms with Gasteiger partial charge in [0.05, 0.1) is 41.0 Å². The van der Waals surface area contributed by atoms with E-state index in [-0.39, 0.29) is 11.4 Å². The number of pyridine rings is 1. The van der Waals surface area contributed by atoms with Crippen LogP contribution in [0.25, 0.3) is 11.3 Å². The Bertz CT molecular complexity index is 1210. The number of likely N-dealkylation sites (N-methyl/N-ethyl adjacent to an activating group) is 1. The number of anilines is 2. The molecule has 180 valence electrons. The van der Waals surface area contributed by atoms with E-state index in [0.29, 0.717) is 46.5 Å². The summed E-state index contributed by atoms with van der Waals surface area (Å²) >= 11 is 6.36. The van der Waals surface area contributed by atoms with E-state index >= 15 is 0 Å². The first-order valence-electron chi connectivity index (χ1n) is 11.1. The zero-order valence-electron chi connectivity index (χ0n) is 20.1. The van der Waals surface area contributed by atoms with E-state index in [1.807, 2.05) is 51.0 Å². The van der Waals surface area contributed by atoms with E-state index < -0.39 is 0 Å². The van der Waals surface area contributed by atoms with E-state index in [1.165, 1.54) is 0 Å². The fourth-order valence-corrected chi connectivity index (χ4v) is 4.36. The van der Waals surface area contributed by atoms with Gasteiger partial charge in [-0.2, -0.15) is 0 Å². The molecule has 4 rings (SSSR count). The number of halogens is 1. The van der Waals surface area contributed by atoms with Crippen molar-refractivity contribution in [3.8, 4) is 22.8 Å². The number of methoxy groups -OCH3 is 1. The Morgan fingerprint density at radius 2 is 2.06 bits per heavy atom. The van der Waals surface area contributed by atoms with Crippen LogP contribution in [0.15, 0.2) is 36.7 Å². The van der Waals surface area contributed by atoms with Gasteiger partial charge in [0, 0.05) is 36.0 Å². The Labute approximate surface area is 204 Å². The standard InChI is InChI=1S/C25H30ClN5O3/c1-25(2)13-18-20(24(32)30-25)22(28-17-8-6-7-16(26)23(17)33-5)21(29-18)15-9-10-27-14-19(15)34-12-11-31(3)4/h6-10,14,28-29H,11-13H2,1-5H3,(H,30,32). The number of hydrogen-bond donors (Lipinski definition) is 3. The minimum atomic E-state index is -0.374. The predicted molar refractivity (Wildman–Crippen MR) is 135 cm³/mol. The maximum atomic E-state index is 13.2. The highest BCUT2D eigenvalue weighted by molar-refractivity contribution is 6.32. The van der Waals surface area contributed by atoms with Gasteiger partial charge in [-0.25, -0.2) is 0 Å². The zero-order valence-corrected chi connectivity index (χ0v) is 20.8. The number of H-pyrrole nitrogens is 1. The molecule has 0 spiro atoms. The van der Waals surface area contributed by atoms with E-state index in [4.69, 9.17) is 21.1 Å². The molecule has 0 fully saturated rings. The van der Waals surface area contributed by atoms with Crippen molar-refractivity contribution < 1.29 is 14.3 Å². The van der Waals surface area contributed by atoms with Gasteiger partial charge >= 0.3 is 0 Å². The minimum absolute atomic E-state index is 0.152. The molecule has 34 heavy (non-hydrogen) atoms. The van der Waals surface area contributed by atoms with Crippen molar-refractivity contribution in [2.75, 3.05) is 39.7 Å². The third-order valence-electron chi connectivity index (χ3n) is 5.66. The van der Waals surface area contributed by atoms with Crippen molar-refractivity contribution in [3.63, 3.8) is 0 Å². The molecular formula is C25H30ClN5O3. The molecule has 2 aromatic heterocycles. The van der Waals surface area contributed by atoms with Crippen LogP contribution in [0.1, 0.15) is 29.9 Å². The highest BCUT2D eigenvalue weighted by Gasteiger charge is 2.36. The van der Waals surface area contributed by atoms with Gasteiger partial charge in [0.15, 0.2) is 5.75 Å². The minimum Gasteiger partial charge on any atom is -0.493 e. The summed E-state index contributed by atoms with van der Waals surface area (Å²) in [5.74, 6) is 0.976. The third kappa shape index (κ3) is 4.83. The number of benzene rings is 1. The van der Waals surface area contributed by atoms with Crippen molar-refractivity contribution in [2.24, 2.45) is 0 Å². The van der Waals surface area contributed by atoms with Crippen LogP contribution in [0.2, 0.25) is 5.02 Å². The number of carbonyl (C=O) groups is 1. The molecule has 1 aliphatic heterocycles. The van der Waals surface area contributed by atoms with Crippen LogP contribution in [0.4, 0.5) is 11.4 Å². The number of fused-ring (bicyclic) bond motifs is 1. The number of nitrogens with one attached hydrogen (secondary N) is 3. The zero-order chi connectivity index (χ0) is 24.5. The van der Waals surface area contributed by atoms with Crippen LogP contribution in [0.5, 0.6) is 11.5 Å². The van der Waals surface area contributed by atoms with Crippen molar-refractivity contribution >= 4 is 28.9 Å². The van der Waals surface area contributed by atoms with Crippen LogP contribution in [0.3, 0.4) is 0 Å². The number of nitrogens with zero attached hydrogens (tertiary/aromatic N) is 2. The first kappa shape index (κ1) is 23.9. The molecule has 0 radical (unpaired) electrons. The lowest BCUT2D eigenvalue weighted by molar-refractivity contribution is 0.0897. The Balaban J connectivity index is 1.85. The van der Waals surface area contributed by atoms with Gasteiger partial charge in [0.1, 0.15) is 12.4 Å². The van der Waals surface area contributed by atoms with Crippen molar-refractivity contribution in [3.05, 3.63) is 52.9 Å². The highest BCUT2D eigenvalue weighted by Crippen LogP contribution is 2.43. The normalized spacial score (nSPS) is 14.5. The summed E-state index contributed by atoms with van der Waals surface area (Å²) in [4.78, 5) is 23.0. The molecule has 3 heterocycles. The molecule has 0 aliphatic carbocycles. The third-order valence-corrected chi connectivity index (χ3v) is 5.95.